The van der Waals surface area contributed by atoms with Gasteiger partial charge in [-0.1, -0.05) is 19.3 Å². The number of nitrogens with one attached hydrogen (secondary N) is 2. The van der Waals surface area contributed by atoms with Gasteiger partial charge in [-0.25, -0.2) is 4.98 Å². The van der Waals surface area contributed by atoms with Crippen LogP contribution in [0.25, 0.3) is 0 Å². The largest absolute Gasteiger partial charge is 0.318 e. The van der Waals surface area contributed by atoms with Gasteiger partial charge < -0.3 is 4.90 Å². The van der Waals surface area contributed by atoms with Crippen molar-refractivity contribution in [1.82, 2.24) is 9.88 Å². The highest BCUT2D eigenvalue weighted by atomic mass is 32.1. The van der Waals surface area contributed by atoms with Crippen molar-refractivity contribution in [3.05, 3.63) is 15.6 Å². The van der Waals surface area contributed by atoms with Gasteiger partial charge in [0.15, 0.2) is 0 Å². The molecule has 0 bridgehead atoms. The molecule has 5 heteroatoms. The highest BCUT2D eigenvalue weighted by molar-refractivity contribution is 7.11. The third kappa shape index (κ3) is 3.09. The molecule has 2 heterocycles. The number of aryl methyl sites for hydroxylation is 2. The average molecular weight is 318 g/mol. The van der Waals surface area contributed by atoms with E-state index in [1.807, 2.05) is 4.90 Å². The maximum Gasteiger partial charge on any atom is 0.104 e. The lowest BCUT2D eigenvalue weighted by atomic mass is 9.86. The van der Waals surface area contributed by atoms with E-state index >= 15 is 0 Å². The molecule has 1 aromatic rings. The van der Waals surface area contributed by atoms with E-state index in [0.717, 1.165) is 42.9 Å². The highest BCUT2D eigenvalue weighted by Crippen LogP contribution is 2.35. The van der Waals surface area contributed by atoms with Crippen molar-refractivity contribution < 1.29 is 0 Å². The number of rotatable bonds is 2. The molecule has 1 saturated heterocycles. The molecule has 1 aliphatic carbocycles. The number of nitrogens with zero attached hydrogens (tertiary/aromatic N) is 2. The van der Waals surface area contributed by atoms with E-state index in [4.69, 9.17) is 10.8 Å². The molecule has 1 aromatic heterocycles. The minimum atomic E-state index is 0.372. The summed E-state index contributed by atoms with van der Waals surface area (Å²) in [5.41, 5.74) is 1.14. The Bertz CT molecular complexity index is 571. The molecule has 120 valence electrons. The SMILES string of the molecule is Cc1nc(C)c([C@@H]2CCC(=N)N(C(=N)C3CCCCC3)C2)s1. The Balaban J connectivity index is 1.74. The van der Waals surface area contributed by atoms with Crippen LogP contribution in [0.15, 0.2) is 0 Å². The van der Waals surface area contributed by atoms with Crippen LogP contribution >= 0.6 is 11.3 Å². The first-order chi connectivity index (χ1) is 10.6. The molecule has 2 fully saturated rings. The predicted octanol–water partition coefficient (Wildman–Crippen LogP) is 4.47. The fourth-order valence-corrected chi connectivity index (χ4v) is 4.90. The first kappa shape index (κ1) is 15.7. The van der Waals surface area contributed by atoms with E-state index in [1.54, 1.807) is 11.3 Å². The van der Waals surface area contributed by atoms with E-state index in [0.29, 0.717) is 23.5 Å². The molecule has 0 amide bonds. The fourth-order valence-electron chi connectivity index (χ4n) is 3.85. The Morgan fingerprint density at radius 3 is 2.55 bits per heavy atom. The fraction of sp³-hybridized carbons (Fsp3) is 0.706. The molecule has 0 radical (unpaired) electrons. The summed E-state index contributed by atoms with van der Waals surface area (Å²) in [7, 11) is 0. The van der Waals surface area contributed by atoms with E-state index in [9.17, 15) is 0 Å². The second-order valence-electron chi connectivity index (χ2n) is 6.70. The van der Waals surface area contributed by atoms with E-state index < -0.39 is 0 Å². The number of hydrogen-bond donors (Lipinski definition) is 2. The van der Waals surface area contributed by atoms with E-state index in [-0.39, 0.29) is 0 Å². The summed E-state index contributed by atoms with van der Waals surface area (Å²) in [6.45, 7) is 4.96. The summed E-state index contributed by atoms with van der Waals surface area (Å²) in [6.07, 6.45) is 7.86. The molecule has 0 aromatic carbocycles. The quantitative estimate of drug-likeness (QED) is 0.624. The van der Waals surface area contributed by atoms with Gasteiger partial charge in [0.1, 0.15) is 11.7 Å². The first-order valence-electron chi connectivity index (χ1n) is 8.43. The molecular weight excluding hydrogens is 292 g/mol. The van der Waals surface area contributed by atoms with Gasteiger partial charge in [0.05, 0.1) is 10.7 Å². The molecule has 1 saturated carbocycles. The topological polar surface area (TPSA) is 63.8 Å². The normalized spacial score (nSPS) is 23.8. The Hall–Kier alpha value is -1.23. The van der Waals surface area contributed by atoms with Gasteiger partial charge in [-0.15, -0.1) is 11.3 Å². The van der Waals surface area contributed by atoms with Crippen molar-refractivity contribution in [3.8, 4) is 0 Å². The van der Waals surface area contributed by atoms with Crippen LogP contribution in [-0.2, 0) is 0 Å². The average Bonchev–Trinajstić information content (AvgIpc) is 2.86. The van der Waals surface area contributed by atoms with Crippen LogP contribution in [0.3, 0.4) is 0 Å². The summed E-state index contributed by atoms with van der Waals surface area (Å²) >= 11 is 1.79. The summed E-state index contributed by atoms with van der Waals surface area (Å²) < 4.78 is 0. The number of thiazole rings is 1. The summed E-state index contributed by atoms with van der Waals surface area (Å²) in [4.78, 5) is 7.92. The number of aromatic nitrogens is 1. The highest BCUT2D eigenvalue weighted by Gasteiger charge is 2.32. The van der Waals surface area contributed by atoms with Crippen molar-refractivity contribution in [3.63, 3.8) is 0 Å². The summed E-state index contributed by atoms with van der Waals surface area (Å²) in [6, 6.07) is 0. The lowest BCUT2D eigenvalue weighted by Crippen LogP contribution is -2.45. The Labute approximate surface area is 137 Å². The molecule has 4 nitrogen and oxygen atoms in total. The predicted molar refractivity (Wildman–Crippen MR) is 92.3 cm³/mol. The molecule has 3 rings (SSSR count). The molecule has 0 unspecified atom stereocenters. The number of likely N-dealkylation sites (tertiary alicyclic amines) is 1. The summed E-state index contributed by atoms with van der Waals surface area (Å²) in [5, 5.41) is 18.0. The van der Waals surface area contributed by atoms with Gasteiger partial charge in [0.25, 0.3) is 0 Å². The van der Waals surface area contributed by atoms with Gasteiger partial charge in [-0.2, -0.15) is 0 Å². The second kappa shape index (κ2) is 6.49. The van der Waals surface area contributed by atoms with Crippen molar-refractivity contribution in [2.75, 3.05) is 6.54 Å². The van der Waals surface area contributed by atoms with Crippen molar-refractivity contribution in [2.24, 2.45) is 5.92 Å². The third-order valence-corrected chi connectivity index (χ3v) is 6.29. The zero-order valence-corrected chi connectivity index (χ0v) is 14.4. The maximum atomic E-state index is 8.59. The molecular formula is C17H26N4S. The Morgan fingerprint density at radius 2 is 1.91 bits per heavy atom. The van der Waals surface area contributed by atoms with Crippen LogP contribution in [0.2, 0.25) is 0 Å². The van der Waals surface area contributed by atoms with Crippen LogP contribution in [0.5, 0.6) is 0 Å². The zero-order chi connectivity index (χ0) is 15.7. The van der Waals surface area contributed by atoms with Gasteiger partial charge in [0, 0.05) is 29.7 Å². The summed E-state index contributed by atoms with van der Waals surface area (Å²) in [5.74, 6) is 2.15. The van der Waals surface area contributed by atoms with Crippen LogP contribution < -0.4 is 0 Å². The Morgan fingerprint density at radius 1 is 1.18 bits per heavy atom. The Kier molecular flexibility index (Phi) is 4.62. The maximum absolute atomic E-state index is 8.59. The lowest BCUT2D eigenvalue weighted by Gasteiger charge is -2.38. The molecule has 1 atom stereocenters. The molecule has 2 aliphatic rings. The van der Waals surface area contributed by atoms with Crippen LogP contribution in [0, 0.1) is 30.6 Å². The third-order valence-electron chi connectivity index (χ3n) is 5.05. The molecule has 22 heavy (non-hydrogen) atoms. The first-order valence-corrected chi connectivity index (χ1v) is 9.25. The van der Waals surface area contributed by atoms with Crippen LogP contribution in [0.4, 0.5) is 0 Å². The van der Waals surface area contributed by atoms with Crippen molar-refractivity contribution >= 4 is 23.0 Å². The minimum Gasteiger partial charge on any atom is -0.318 e. The minimum absolute atomic E-state index is 0.372. The molecule has 2 N–H and O–H groups in total. The smallest absolute Gasteiger partial charge is 0.104 e. The zero-order valence-electron chi connectivity index (χ0n) is 13.6. The molecule has 0 spiro atoms. The number of hydrogen-bond acceptors (Lipinski definition) is 4. The van der Waals surface area contributed by atoms with Crippen LogP contribution in [0.1, 0.15) is 66.4 Å². The van der Waals surface area contributed by atoms with Gasteiger partial charge in [0.2, 0.25) is 0 Å². The lowest BCUT2D eigenvalue weighted by molar-refractivity contribution is 0.380. The number of piperidine rings is 1. The van der Waals surface area contributed by atoms with E-state index in [1.165, 1.54) is 24.1 Å². The standard InChI is InChI=1S/C17H26N4S/c1-11-16(22-12(2)20-11)14-8-9-15(18)21(10-14)17(19)13-6-4-3-5-7-13/h13-14,18-19H,3-10H2,1-2H3/t14-/m1/s1. The van der Waals surface area contributed by atoms with Gasteiger partial charge >= 0.3 is 0 Å². The van der Waals surface area contributed by atoms with Crippen LogP contribution in [-0.4, -0.2) is 28.1 Å². The monoisotopic (exact) mass is 318 g/mol. The number of amidine groups is 2. The second-order valence-corrected chi connectivity index (χ2v) is 7.93. The van der Waals surface area contributed by atoms with Gasteiger partial charge in [-0.3, -0.25) is 10.8 Å². The molecule has 1 aliphatic heterocycles. The van der Waals surface area contributed by atoms with Crippen molar-refractivity contribution in [2.45, 2.75) is 64.7 Å². The van der Waals surface area contributed by atoms with E-state index in [2.05, 4.69) is 18.8 Å². The van der Waals surface area contributed by atoms with Crippen molar-refractivity contribution in [1.29, 1.82) is 10.8 Å². The van der Waals surface area contributed by atoms with Gasteiger partial charge in [-0.05, 0) is 33.1 Å².